The Morgan fingerprint density at radius 3 is 2.56 bits per heavy atom. The van der Waals surface area contributed by atoms with E-state index in [9.17, 15) is 8.42 Å². The van der Waals surface area contributed by atoms with E-state index in [0.717, 1.165) is 11.1 Å². The van der Waals surface area contributed by atoms with Gasteiger partial charge in [-0.2, -0.15) is 0 Å². The number of benzene rings is 1. The van der Waals surface area contributed by atoms with Gasteiger partial charge in [-0.15, -0.1) is 0 Å². The van der Waals surface area contributed by atoms with E-state index in [2.05, 4.69) is 0 Å². The van der Waals surface area contributed by atoms with Gasteiger partial charge in [0.05, 0.1) is 17.1 Å². The maximum absolute atomic E-state index is 12.4. The van der Waals surface area contributed by atoms with Crippen molar-refractivity contribution >= 4 is 9.84 Å². The fourth-order valence-electron chi connectivity index (χ4n) is 2.40. The number of nitrogens with two attached hydrogens (primary N) is 1. The molecule has 2 N–H and O–H groups in total. The molecule has 0 aliphatic carbocycles. The van der Waals surface area contributed by atoms with Crippen LogP contribution in [0.15, 0.2) is 24.3 Å². The molecule has 2 unspecified atom stereocenters. The zero-order valence-corrected chi connectivity index (χ0v) is 11.3. The normalized spacial score (nSPS) is 24.3. The molecule has 1 aliphatic rings. The van der Waals surface area contributed by atoms with Crippen molar-refractivity contribution in [2.45, 2.75) is 37.0 Å². The molecule has 5 heteroatoms. The highest BCUT2D eigenvalue weighted by molar-refractivity contribution is 7.91. The SMILES string of the molecule is CC1OCCC1S(=O)(=O)Cc1ccccc1CN. The minimum atomic E-state index is -3.18. The highest BCUT2D eigenvalue weighted by Crippen LogP contribution is 2.24. The summed E-state index contributed by atoms with van der Waals surface area (Å²) >= 11 is 0. The van der Waals surface area contributed by atoms with Crippen LogP contribution in [0.25, 0.3) is 0 Å². The Morgan fingerprint density at radius 1 is 1.33 bits per heavy atom. The Kier molecular flexibility index (Phi) is 4.04. The fraction of sp³-hybridized carbons (Fsp3) is 0.538. The third-order valence-electron chi connectivity index (χ3n) is 3.46. The van der Waals surface area contributed by atoms with Gasteiger partial charge in [0.1, 0.15) is 0 Å². The lowest BCUT2D eigenvalue weighted by atomic mass is 10.1. The molecule has 0 radical (unpaired) electrons. The summed E-state index contributed by atoms with van der Waals surface area (Å²) in [6.45, 7) is 2.72. The molecule has 1 aromatic carbocycles. The second-order valence-electron chi connectivity index (χ2n) is 4.68. The standard InChI is InChI=1S/C13H19NO3S/c1-10-13(6-7-17-10)18(15,16)9-12-5-3-2-4-11(12)8-14/h2-5,10,13H,6-9,14H2,1H3. The van der Waals surface area contributed by atoms with Gasteiger partial charge in [-0.1, -0.05) is 24.3 Å². The molecule has 0 bridgehead atoms. The van der Waals surface area contributed by atoms with E-state index in [4.69, 9.17) is 10.5 Å². The molecule has 100 valence electrons. The summed E-state index contributed by atoms with van der Waals surface area (Å²) < 4.78 is 30.1. The summed E-state index contributed by atoms with van der Waals surface area (Å²) in [6, 6.07) is 7.43. The minimum absolute atomic E-state index is 0.0543. The minimum Gasteiger partial charge on any atom is -0.377 e. The Labute approximate surface area is 108 Å². The first-order valence-electron chi connectivity index (χ1n) is 6.14. The van der Waals surface area contributed by atoms with E-state index in [-0.39, 0.29) is 17.1 Å². The Hall–Kier alpha value is -0.910. The first kappa shape index (κ1) is 13.5. The molecule has 4 nitrogen and oxygen atoms in total. The third-order valence-corrected chi connectivity index (χ3v) is 5.72. The monoisotopic (exact) mass is 269 g/mol. The molecule has 1 heterocycles. The van der Waals surface area contributed by atoms with Crippen molar-refractivity contribution in [3.8, 4) is 0 Å². The highest BCUT2D eigenvalue weighted by Gasteiger charge is 2.35. The average molecular weight is 269 g/mol. The third kappa shape index (κ3) is 2.74. The van der Waals surface area contributed by atoms with Gasteiger partial charge >= 0.3 is 0 Å². The van der Waals surface area contributed by atoms with Gasteiger partial charge in [0.2, 0.25) is 0 Å². The van der Waals surface area contributed by atoms with E-state index < -0.39 is 9.84 Å². The van der Waals surface area contributed by atoms with Crippen LogP contribution in [-0.2, 0) is 26.9 Å². The van der Waals surface area contributed by atoms with Crippen LogP contribution in [0.1, 0.15) is 24.5 Å². The van der Waals surface area contributed by atoms with Crippen molar-refractivity contribution in [1.29, 1.82) is 0 Å². The number of rotatable bonds is 4. The predicted molar refractivity (Wildman–Crippen MR) is 70.8 cm³/mol. The van der Waals surface area contributed by atoms with Gasteiger partial charge in [-0.3, -0.25) is 0 Å². The molecule has 0 spiro atoms. The summed E-state index contributed by atoms with van der Waals surface area (Å²) in [7, 11) is -3.18. The first-order valence-corrected chi connectivity index (χ1v) is 7.86. The molecular formula is C13H19NO3S. The van der Waals surface area contributed by atoms with E-state index in [1.165, 1.54) is 0 Å². The largest absolute Gasteiger partial charge is 0.377 e. The van der Waals surface area contributed by atoms with Crippen molar-refractivity contribution in [1.82, 2.24) is 0 Å². The molecule has 0 saturated carbocycles. The number of hydrogen-bond donors (Lipinski definition) is 1. The highest BCUT2D eigenvalue weighted by atomic mass is 32.2. The Balaban J connectivity index is 2.22. The van der Waals surface area contributed by atoms with Crippen molar-refractivity contribution < 1.29 is 13.2 Å². The Bertz CT molecular complexity index is 513. The van der Waals surface area contributed by atoms with Gasteiger partial charge in [-0.25, -0.2) is 8.42 Å². The van der Waals surface area contributed by atoms with Crippen LogP contribution in [-0.4, -0.2) is 26.4 Å². The molecule has 1 fully saturated rings. The van der Waals surface area contributed by atoms with Crippen molar-refractivity contribution in [3.05, 3.63) is 35.4 Å². The van der Waals surface area contributed by atoms with Crippen LogP contribution in [0, 0.1) is 0 Å². The molecule has 1 aliphatic heterocycles. The molecule has 2 atom stereocenters. The van der Waals surface area contributed by atoms with E-state index in [0.29, 0.717) is 19.6 Å². The van der Waals surface area contributed by atoms with Gasteiger partial charge in [0.15, 0.2) is 9.84 Å². The van der Waals surface area contributed by atoms with Crippen molar-refractivity contribution in [3.63, 3.8) is 0 Å². The quantitative estimate of drug-likeness (QED) is 0.892. The van der Waals surface area contributed by atoms with Crippen LogP contribution in [0.3, 0.4) is 0 Å². The summed E-state index contributed by atoms with van der Waals surface area (Å²) in [5.41, 5.74) is 7.33. The van der Waals surface area contributed by atoms with Crippen LogP contribution in [0.2, 0.25) is 0 Å². The van der Waals surface area contributed by atoms with E-state index in [1.807, 2.05) is 31.2 Å². The zero-order chi connectivity index (χ0) is 13.2. The number of sulfone groups is 1. The van der Waals surface area contributed by atoms with Crippen LogP contribution in [0.5, 0.6) is 0 Å². The van der Waals surface area contributed by atoms with Crippen LogP contribution >= 0.6 is 0 Å². The average Bonchev–Trinajstić information content (AvgIpc) is 2.76. The van der Waals surface area contributed by atoms with E-state index in [1.54, 1.807) is 0 Å². The van der Waals surface area contributed by atoms with Crippen LogP contribution in [0.4, 0.5) is 0 Å². The summed E-state index contributed by atoms with van der Waals surface area (Å²) in [5.74, 6) is 0.0543. The molecular weight excluding hydrogens is 250 g/mol. The molecule has 1 aromatic rings. The summed E-state index contributed by atoms with van der Waals surface area (Å²) in [5, 5.41) is -0.386. The van der Waals surface area contributed by atoms with Crippen molar-refractivity contribution in [2.75, 3.05) is 6.61 Å². The second kappa shape index (κ2) is 5.38. The maximum atomic E-state index is 12.4. The zero-order valence-electron chi connectivity index (χ0n) is 10.5. The molecule has 2 rings (SSSR count). The molecule has 0 amide bonds. The van der Waals surface area contributed by atoms with Gasteiger partial charge in [-0.05, 0) is 24.5 Å². The smallest absolute Gasteiger partial charge is 0.159 e. The number of hydrogen-bond acceptors (Lipinski definition) is 4. The van der Waals surface area contributed by atoms with Gasteiger partial charge < -0.3 is 10.5 Å². The van der Waals surface area contributed by atoms with Gasteiger partial charge in [0.25, 0.3) is 0 Å². The molecule has 0 aromatic heterocycles. The Morgan fingerprint density at radius 2 is 2.00 bits per heavy atom. The van der Waals surface area contributed by atoms with E-state index >= 15 is 0 Å². The lowest BCUT2D eigenvalue weighted by Gasteiger charge is -2.16. The molecule has 1 saturated heterocycles. The lowest BCUT2D eigenvalue weighted by molar-refractivity contribution is 0.126. The van der Waals surface area contributed by atoms with Crippen molar-refractivity contribution in [2.24, 2.45) is 5.73 Å². The number of ether oxygens (including phenoxy) is 1. The second-order valence-corrected chi connectivity index (χ2v) is 6.90. The lowest BCUT2D eigenvalue weighted by Crippen LogP contribution is -2.29. The van der Waals surface area contributed by atoms with Gasteiger partial charge in [0, 0.05) is 13.2 Å². The summed E-state index contributed by atoms with van der Waals surface area (Å²) in [4.78, 5) is 0. The molecule has 18 heavy (non-hydrogen) atoms. The van der Waals surface area contributed by atoms with Crippen LogP contribution < -0.4 is 5.73 Å². The topological polar surface area (TPSA) is 69.4 Å². The fourth-order valence-corrected chi connectivity index (χ4v) is 4.45. The maximum Gasteiger partial charge on any atom is 0.159 e. The predicted octanol–water partition coefficient (Wildman–Crippen LogP) is 1.24. The summed E-state index contributed by atoms with van der Waals surface area (Å²) in [6.07, 6.45) is 0.383. The first-order chi connectivity index (χ1) is 8.54.